The van der Waals surface area contributed by atoms with Crippen LogP contribution in [0, 0.1) is 0 Å². The fourth-order valence-electron chi connectivity index (χ4n) is 0.682. The smallest absolute Gasteiger partial charge is 0.323 e. The SMILES string of the molecule is COC(=O)[C@H](N)CSSC[C@@H](N)C(=O)OC. The molecule has 94 valence electrons. The van der Waals surface area contributed by atoms with Crippen molar-refractivity contribution in [1.82, 2.24) is 0 Å². The van der Waals surface area contributed by atoms with E-state index in [2.05, 4.69) is 9.47 Å². The Hall–Kier alpha value is -0.440. The van der Waals surface area contributed by atoms with Crippen LogP contribution in [0.2, 0.25) is 0 Å². The van der Waals surface area contributed by atoms with Gasteiger partial charge in [-0.3, -0.25) is 9.59 Å². The number of carbonyl (C=O) groups is 2. The second-order valence-electron chi connectivity index (χ2n) is 2.83. The third kappa shape index (κ3) is 6.21. The van der Waals surface area contributed by atoms with Gasteiger partial charge in [-0.1, -0.05) is 21.6 Å². The average Bonchev–Trinajstić information content (AvgIpc) is 2.31. The van der Waals surface area contributed by atoms with E-state index in [9.17, 15) is 9.59 Å². The summed E-state index contributed by atoms with van der Waals surface area (Å²) >= 11 is 0. The molecule has 0 unspecified atom stereocenters. The van der Waals surface area contributed by atoms with Crippen molar-refractivity contribution in [1.29, 1.82) is 0 Å². The first-order valence-electron chi connectivity index (χ1n) is 4.44. The predicted molar refractivity (Wildman–Crippen MR) is 64.9 cm³/mol. The van der Waals surface area contributed by atoms with E-state index in [0.717, 1.165) is 0 Å². The van der Waals surface area contributed by atoms with Crippen molar-refractivity contribution in [2.75, 3.05) is 25.7 Å². The molecule has 6 nitrogen and oxygen atoms in total. The minimum absolute atomic E-state index is 0.408. The van der Waals surface area contributed by atoms with E-state index < -0.39 is 24.0 Å². The molecule has 0 bridgehead atoms. The van der Waals surface area contributed by atoms with Gasteiger partial charge < -0.3 is 20.9 Å². The van der Waals surface area contributed by atoms with Crippen molar-refractivity contribution in [3.05, 3.63) is 0 Å². The molecule has 0 spiro atoms. The molecule has 4 N–H and O–H groups in total. The quantitative estimate of drug-likeness (QED) is 0.357. The molecular weight excluding hydrogens is 252 g/mol. The fraction of sp³-hybridized carbons (Fsp3) is 0.750. The van der Waals surface area contributed by atoms with Gasteiger partial charge >= 0.3 is 11.9 Å². The highest BCUT2D eigenvalue weighted by molar-refractivity contribution is 8.76. The van der Waals surface area contributed by atoms with E-state index >= 15 is 0 Å². The van der Waals surface area contributed by atoms with Gasteiger partial charge in [-0.15, -0.1) is 0 Å². The van der Waals surface area contributed by atoms with Crippen molar-refractivity contribution in [2.24, 2.45) is 11.5 Å². The molecule has 0 saturated heterocycles. The van der Waals surface area contributed by atoms with E-state index in [-0.39, 0.29) is 0 Å². The van der Waals surface area contributed by atoms with Crippen molar-refractivity contribution >= 4 is 33.5 Å². The second-order valence-corrected chi connectivity index (χ2v) is 5.38. The Morgan fingerprint density at radius 3 is 1.56 bits per heavy atom. The largest absolute Gasteiger partial charge is 0.468 e. The first-order valence-corrected chi connectivity index (χ1v) is 6.93. The summed E-state index contributed by atoms with van der Waals surface area (Å²) in [6, 6.07) is -1.31. The summed E-state index contributed by atoms with van der Waals surface area (Å²) in [7, 11) is 5.30. The van der Waals surface area contributed by atoms with E-state index in [1.54, 1.807) is 0 Å². The minimum atomic E-state index is -0.656. The maximum absolute atomic E-state index is 10.9. The summed E-state index contributed by atoms with van der Waals surface area (Å²) in [5.74, 6) is -0.0908. The Morgan fingerprint density at radius 1 is 1.00 bits per heavy atom. The molecule has 0 radical (unpaired) electrons. The molecule has 16 heavy (non-hydrogen) atoms. The molecule has 0 aliphatic heterocycles. The van der Waals surface area contributed by atoms with Gasteiger partial charge in [0, 0.05) is 11.5 Å². The van der Waals surface area contributed by atoms with Crippen LogP contribution in [-0.2, 0) is 19.1 Å². The van der Waals surface area contributed by atoms with Gasteiger partial charge in [-0.25, -0.2) is 0 Å². The van der Waals surface area contributed by atoms with Crippen molar-refractivity contribution in [3.8, 4) is 0 Å². The van der Waals surface area contributed by atoms with Crippen LogP contribution >= 0.6 is 21.6 Å². The van der Waals surface area contributed by atoms with Crippen LogP contribution in [0.1, 0.15) is 0 Å². The minimum Gasteiger partial charge on any atom is -0.468 e. The molecule has 0 aliphatic carbocycles. The van der Waals surface area contributed by atoms with Gasteiger partial charge in [0.1, 0.15) is 12.1 Å². The van der Waals surface area contributed by atoms with Gasteiger partial charge in [0.25, 0.3) is 0 Å². The van der Waals surface area contributed by atoms with Crippen LogP contribution in [0.25, 0.3) is 0 Å². The maximum atomic E-state index is 10.9. The summed E-state index contributed by atoms with van der Waals surface area (Å²) < 4.78 is 8.92. The Morgan fingerprint density at radius 2 is 1.31 bits per heavy atom. The van der Waals surface area contributed by atoms with Crippen molar-refractivity contribution in [2.45, 2.75) is 12.1 Å². The predicted octanol–water partition coefficient (Wildman–Crippen LogP) is -0.632. The number of rotatable bonds is 7. The summed E-state index contributed by atoms with van der Waals surface area (Å²) in [4.78, 5) is 21.9. The topological polar surface area (TPSA) is 105 Å². The number of nitrogens with two attached hydrogens (primary N) is 2. The first-order chi connectivity index (χ1) is 7.52. The van der Waals surface area contributed by atoms with Gasteiger partial charge in [0.2, 0.25) is 0 Å². The van der Waals surface area contributed by atoms with Crippen molar-refractivity contribution in [3.63, 3.8) is 0 Å². The molecule has 0 fully saturated rings. The van der Waals surface area contributed by atoms with E-state index in [4.69, 9.17) is 11.5 Å². The molecular formula is C8H16N2O4S2. The zero-order valence-electron chi connectivity index (χ0n) is 9.17. The number of hydrogen-bond donors (Lipinski definition) is 2. The molecule has 0 aromatic carbocycles. The highest BCUT2D eigenvalue weighted by atomic mass is 33.1. The number of ether oxygens (including phenoxy) is 2. The average molecular weight is 268 g/mol. The normalized spacial score (nSPS) is 14.0. The molecule has 8 heteroatoms. The standard InChI is InChI=1S/C8H16N2O4S2/c1-13-7(11)5(9)3-15-16-4-6(10)8(12)14-2/h5-6H,3-4,9-10H2,1-2H3/t5-,6-/m1/s1. The monoisotopic (exact) mass is 268 g/mol. The number of hydrogen-bond acceptors (Lipinski definition) is 8. The molecule has 0 aromatic rings. The van der Waals surface area contributed by atoms with Crippen LogP contribution in [0.3, 0.4) is 0 Å². The summed E-state index contributed by atoms with van der Waals surface area (Å²) in [5, 5.41) is 0. The van der Waals surface area contributed by atoms with E-state index in [1.807, 2.05) is 0 Å². The summed E-state index contributed by atoms with van der Waals surface area (Å²) in [6.45, 7) is 0. The highest BCUT2D eigenvalue weighted by Gasteiger charge is 2.16. The van der Waals surface area contributed by atoms with Gasteiger partial charge in [-0.2, -0.15) is 0 Å². The Kier molecular flexibility index (Phi) is 8.44. The molecule has 0 aliphatic rings. The zero-order valence-corrected chi connectivity index (χ0v) is 10.8. The van der Waals surface area contributed by atoms with Crippen LogP contribution in [0.15, 0.2) is 0 Å². The summed E-state index contributed by atoms with van der Waals surface area (Å²) in [5.41, 5.74) is 11.0. The molecule has 0 saturated carbocycles. The van der Waals surface area contributed by atoms with E-state index in [0.29, 0.717) is 11.5 Å². The highest BCUT2D eigenvalue weighted by Crippen LogP contribution is 2.22. The molecule has 0 aromatic heterocycles. The lowest BCUT2D eigenvalue weighted by molar-refractivity contribution is -0.142. The third-order valence-corrected chi connectivity index (χ3v) is 4.06. The molecule has 2 atom stereocenters. The number of esters is 2. The van der Waals surface area contributed by atoms with Crippen LogP contribution in [0.4, 0.5) is 0 Å². The Balaban J connectivity index is 3.60. The second kappa shape index (κ2) is 8.68. The summed E-state index contributed by atoms with van der Waals surface area (Å²) in [6.07, 6.45) is 0. The molecule has 0 amide bonds. The first kappa shape index (κ1) is 15.6. The third-order valence-electron chi connectivity index (χ3n) is 1.59. The fourth-order valence-corrected chi connectivity index (χ4v) is 2.90. The lowest BCUT2D eigenvalue weighted by Crippen LogP contribution is -2.34. The van der Waals surface area contributed by atoms with Crippen LogP contribution in [0.5, 0.6) is 0 Å². The van der Waals surface area contributed by atoms with Gasteiger partial charge in [-0.05, 0) is 0 Å². The van der Waals surface area contributed by atoms with Gasteiger partial charge in [0.15, 0.2) is 0 Å². The van der Waals surface area contributed by atoms with Crippen LogP contribution < -0.4 is 11.5 Å². The Labute approximate surface area is 102 Å². The van der Waals surface area contributed by atoms with E-state index in [1.165, 1.54) is 35.8 Å². The molecule has 0 heterocycles. The maximum Gasteiger partial charge on any atom is 0.323 e. The van der Waals surface area contributed by atoms with Crippen LogP contribution in [-0.4, -0.2) is 49.7 Å². The van der Waals surface area contributed by atoms with Gasteiger partial charge in [0.05, 0.1) is 14.2 Å². The number of methoxy groups -OCH3 is 2. The lowest BCUT2D eigenvalue weighted by Gasteiger charge is -2.10. The number of carbonyl (C=O) groups excluding carboxylic acids is 2. The Bertz CT molecular complexity index is 216. The lowest BCUT2D eigenvalue weighted by atomic mass is 10.4. The zero-order chi connectivity index (χ0) is 12.6. The molecule has 0 rings (SSSR count). The van der Waals surface area contributed by atoms with Crippen molar-refractivity contribution < 1.29 is 19.1 Å².